The summed E-state index contributed by atoms with van der Waals surface area (Å²) in [5, 5.41) is 0. The molecule has 3 heteroatoms. The lowest BCUT2D eigenvalue weighted by molar-refractivity contribution is 0.0703. The third kappa shape index (κ3) is 4.83. The van der Waals surface area contributed by atoms with Gasteiger partial charge in [0.05, 0.1) is 6.54 Å². The van der Waals surface area contributed by atoms with Gasteiger partial charge in [-0.2, -0.15) is 0 Å². The second-order valence-electron chi connectivity index (χ2n) is 4.95. The molecular formula is C15H27NO2. The predicted octanol–water partition coefficient (Wildman–Crippen LogP) is 3.78. The Labute approximate surface area is 111 Å². The van der Waals surface area contributed by atoms with Crippen LogP contribution in [-0.4, -0.2) is 6.61 Å². The molecule has 0 fully saturated rings. The SMILES string of the molecule is CCCCC(CC)COCc1cc(C)c(CN)o1. The fourth-order valence-corrected chi connectivity index (χ4v) is 2.09. The van der Waals surface area contributed by atoms with Crippen LogP contribution in [0.5, 0.6) is 0 Å². The molecule has 0 aromatic carbocycles. The summed E-state index contributed by atoms with van der Waals surface area (Å²) < 4.78 is 11.4. The first-order chi connectivity index (χ1) is 8.71. The first-order valence-corrected chi connectivity index (χ1v) is 7.07. The minimum atomic E-state index is 0.458. The number of rotatable bonds is 9. The zero-order valence-electron chi connectivity index (χ0n) is 12.0. The smallest absolute Gasteiger partial charge is 0.130 e. The van der Waals surface area contributed by atoms with Crippen molar-refractivity contribution in [3.05, 3.63) is 23.2 Å². The molecule has 0 spiro atoms. The van der Waals surface area contributed by atoms with Gasteiger partial charge in [0.2, 0.25) is 0 Å². The monoisotopic (exact) mass is 253 g/mol. The molecule has 3 nitrogen and oxygen atoms in total. The van der Waals surface area contributed by atoms with Crippen LogP contribution >= 0.6 is 0 Å². The molecule has 0 saturated carbocycles. The number of hydrogen-bond donors (Lipinski definition) is 1. The Balaban J connectivity index is 2.31. The highest BCUT2D eigenvalue weighted by Gasteiger charge is 2.09. The van der Waals surface area contributed by atoms with Crippen LogP contribution in [-0.2, 0) is 17.9 Å². The van der Waals surface area contributed by atoms with Crippen LogP contribution in [0.1, 0.15) is 56.6 Å². The van der Waals surface area contributed by atoms with E-state index in [-0.39, 0.29) is 0 Å². The Morgan fingerprint density at radius 3 is 2.72 bits per heavy atom. The standard InChI is InChI=1S/C15H27NO2/c1-4-6-7-13(5-2)10-17-11-14-8-12(3)15(9-16)18-14/h8,13H,4-7,9-11,16H2,1-3H3. The van der Waals surface area contributed by atoms with Gasteiger partial charge in [0, 0.05) is 6.61 Å². The zero-order chi connectivity index (χ0) is 13.4. The molecule has 1 heterocycles. The maximum atomic E-state index is 5.75. The van der Waals surface area contributed by atoms with E-state index in [0.29, 0.717) is 19.1 Å². The van der Waals surface area contributed by atoms with Crippen molar-refractivity contribution >= 4 is 0 Å². The number of furan rings is 1. The Bertz CT molecular complexity index is 333. The van der Waals surface area contributed by atoms with E-state index in [2.05, 4.69) is 13.8 Å². The van der Waals surface area contributed by atoms with E-state index in [1.165, 1.54) is 25.7 Å². The van der Waals surface area contributed by atoms with Crippen molar-refractivity contribution in [2.45, 2.75) is 59.6 Å². The fourth-order valence-electron chi connectivity index (χ4n) is 2.09. The summed E-state index contributed by atoms with van der Waals surface area (Å²) in [5.74, 6) is 2.43. The Morgan fingerprint density at radius 2 is 2.17 bits per heavy atom. The van der Waals surface area contributed by atoms with Gasteiger partial charge in [-0.15, -0.1) is 0 Å². The van der Waals surface area contributed by atoms with Gasteiger partial charge in [-0.3, -0.25) is 0 Å². The maximum Gasteiger partial charge on any atom is 0.130 e. The molecule has 1 aromatic heterocycles. The van der Waals surface area contributed by atoms with Gasteiger partial charge in [-0.05, 0) is 30.9 Å². The van der Waals surface area contributed by atoms with Crippen LogP contribution in [0.4, 0.5) is 0 Å². The number of aryl methyl sites for hydroxylation is 1. The van der Waals surface area contributed by atoms with Crippen LogP contribution in [0.15, 0.2) is 10.5 Å². The van der Waals surface area contributed by atoms with Crippen LogP contribution in [0.2, 0.25) is 0 Å². The highest BCUT2D eigenvalue weighted by Crippen LogP contribution is 2.17. The zero-order valence-corrected chi connectivity index (χ0v) is 12.0. The summed E-state index contributed by atoms with van der Waals surface area (Å²) in [5.41, 5.74) is 6.70. The molecule has 18 heavy (non-hydrogen) atoms. The van der Waals surface area contributed by atoms with Crippen LogP contribution in [0.3, 0.4) is 0 Å². The Morgan fingerprint density at radius 1 is 1.39 bits per heavy atom. The average molecular weight is 253 g/mol. The summed E-state index contributed by atoms with van der Waals surface area (Å²) in [6.07, 6.45) is 5.00. The molecule has 1 aromatic rings. The van der Waals surface area contributed by atoms with E-state index >= 15 is 0 Å². The minimum Gasteiger partial charge on any atom is -0.462 e. The Kier molecular flexibility index (Phi) is 7.06. The largest absolute Gasteiger partial charge is 0.462 e. The third-order valence-corrected chi connectivity index (χ3v) is 3.40. The van der Waals surface area contributed by atoms with Crippen molar-refractivity contribution in [2.24, 2.45) is 11.7 Å². The number of unbranched alkanes of at least 4 members (excludes halogenated alkanes) is 1. The van der Waals surface area contributed by atoms with Gasteiger partial charge in [0.1, 0.15) is 18.1 Å². The summed E-state index contributed by atoms with van der Waals surface area (Å²) in [6, 6.07) is 2.02. The molecule has 1 unspecified atom stereocenters. The second kappa shape index (κ2) is 8.33. The van der Waals surface area contributed by atoms with E-state index in [0.717, 1.165) is 23.7 Å². The molecule has 0 radical (unpaired) electrons. The van der Waals surface area contributed by atoms with Crippen molar-refractivity contribution in [3.63, 3.8) is 0 Å². The lowest BCUT2D eigenvalue weighted by Crippen LogP contribution is -2.08. The molecule has 0 aliphatic carbocycles. The Hall–Kier alpha value is -0.800. The summed E-state index contributed by atoms with van der Waals surface area (Å²) >= 11 is 0. The topological polar surface area (TPSA) is 48.4 Å². The summed E-state index contributed by atoms with van der Waals surface area (Å²) in [4.78, 5) is 0. The van der Waals surface area contributed by atoms with Gasteiger partial charge in [-0.25, -0.2) is 0 Å². The van der Waals surface area contributed by atoms with Crippen molar-refractivity contribution in [3.8, 4) is 0 Å². The minimum absolute atomic E-state index is 0.458. The molecule has 0 amide bonds. The number of nitrogens with two attached hydrogens (primary N) is 1. The number of hydrogen-bond acceptors (Lipinski definition) is 3. The lowest BCUT2D eigenvalue weighted by Gasteiger charge is -2.13. The van der Waals surface area contributed by atoms with Gasteiger partial charge in [0.25, 0.3) is 0 Å². The van der Waals surface area contributed by atoms with Crippen LogP contribution < -0.4 is 5.73 Å². The third-order valence-electron chi connectivity index (χ3n) is 3.40. The van der Waals surface area contributed by atoms with Crippen LogP contribution in [0, 0.1) is 12.8 Å². The molecule has 104 valence electrons. The first kappa shape index (κ1) is 15.3. The van der Waals surface area contributed by atoms with Crippen molar-refractivity contribution < 1.29 is 9.15 Å². The van der Waals surface area contributed by atoms with Gasteiger partial charge in [-0.1, -0.05) is 33.1 Å². The number of ether oxygens (including phenoxy) is 1. The van der Waals surface area contributed by atoms with E-state index in [9.17, 15) is 0 Å². The molecule has 1 rings (SSSR count). The van der Waals surface area contributed by atoms with Crippen LogP contribution in [0.25, 0.3) is 0 Å². The maximum absolute atomic E-state index is 5.75. The van der Waals surface area contributed by atoms with Gasteiger partial charge >= 0.3 is 0 Å². The molecule has 0 aliphatic heterocycles. The van der Waals surface area contributed by atoms with E-state index in [1.54, 1.807) is 0 Å². The molecule has 0 bridgehead atoms. The first-order valence-electron chi connectivity index (χ1n) is 7.07. The fraction of sp³-hybridized carbons (Fsp3) is 0.733. The van der Waals surface area contributed by atoms with Crippen molar-refractivity contribution in [2.75, 3.05) is 6.61 Å². The molecule has 0 aliphatic rings. The summed E-state index contributed by atoms with van der Waals surface area (Å²) in [6.45, 7) is 8.32. The molecular weight excluding hydrogens is 226 g/mol. The normalized spacial score (nSPS) is 12.9. The lowest BCUT2D eigenvalue weighted by atomic mass is 10.0. The predicted molar refractivity (Wildman–Crippen MR) is 74.3 cm³/mol. The molecule has 0 saturated heterocycles. The quantitative estimate of drug-likeness (QED) is 0.728. The molecule has 2 N–H and O–H groups in total. The highest BCUT2D eigenvalue weighted by atomic mass is 16.5. The summed E-state index contributed by atoms with van der Waals surface area (Å²) in [7, 11) is 0. The average Bonchev–Trinajstić information content (AvgIpc) is 2.74. The van der Waals surface area contributed by atoms with Gasteiger partial charge < -0.3 is 14.9 Å². The molecule has 1 atom stereocenters. The van der Waals surface area contributed by atoms with E-state index in [1.807, 2.05) is 13.0 Å². The van der Waals surface area contributed by atoms with Crippen molar-refractivity contribution in [1.29, 1.82) is 0 Å². The highest BCUT2D eigenvalue weighted by molar-refractivity contribution is 5.19. The van der Waals surface area contributed by atoms with E-state index in [4.69, 9.17) is 14.9 Å². The second-order valence-corrected chi connectivity index (χ2v) is 4.95. The van der Waals surface area contributed by atoms with E-state index < -0.39 is 0 Å². The van der Waals surface area contributed by atoms with Crippen molar-refractivity contribution in [1.82, 2.24) is 0 Å². The van der Waals surface area contributed by atoms with Gasteiger partial charge in [0.15, 0.2) is 0 Å².